The molecule has 2 aliphatic heterocycles. The predicted molar refractivity (Wildman–Crippen MR) is 132 cm³/mol. The van der Waals surface area contributed by atoms with Crippen molar-refractivity contribution in [3.05, 3.63) is 65.5 Å². The van der Waals surface area contributed by atoms with E-state index in [4.69, 9.17) is 0 Å². The molecule has 2 aromatic rings. The standard InChI is InChI=1S/C25H33FN2O2S2/c1-18-9-12-25(20-7-5-4-6-8-20)31-28(18)17-21-10-11-22(16-24(21)26)27-14-13-23(15-19(27)2)32(3,29)30/h4-8,10-11,16,18-19,23,25H,9,12-15,17H2,1-3H3/t18-,19?,23?,25?/m0/s1. The fraction of sp³-hybridized carbons (Fsp3) is 0.520. The molecule has 174 valence electrons. The molecule has 2 aliphatic rings. The number of halogens is 1. The van der Waals surface area contributed by atoms with E-state index in [1.54, 1.807) is 6.07 Å². The molecule has 0 aromatic heterocycles. The van der Waals surface area contributed by atoms with Crippen LogP contribution in [0.4, 0.5) is 10.1 Å². The monoisotopic (exact) mass is 476 g/mol. The van der Waals surface area contributed by atoms with E-state index in [0.29, 0.717) is 42.8 Å². The lowest BCUT2D eigenvalue weighted by atomic mass is 10.0. The molecule has 32 heavy (non-hydrogen) atoms. The Morgan fingerprint density at radius 2 is 1.78 bits per heavy atom. The van der Waals surface area contributed by atoms with Crippen molar-refractivity contribution < 1.29 is 12.8 Å². The lowest BCUT2D eigenvalue weighted by Gasteiger charge is -2.39. The molecule has 0 amide bonds. The summed E-state index contributed by atoms with van der Waals surface area (Å²) in [6.45, 7) is 5.45. The number of piperidine rings is 1. The molecule has 0 N–H and O–H groups in total. The van der Waals surface area contributed by atoms with Gasteiger partial charge in [-0.1, -0.05) is 48.3 Å². The molecular weight excluding hydrogens is 443 g/mol. The maximum absolute atomic E-state index is 15.1. The highest BCUT2D eigenvalue weighted by Crippen LogP contribution is 2.43. The third-order valence-electron chi connectivity index (χ3n) is 6.90. The second-order valence-corrected chi connectivity index (χ2v) is 12.9. The summed E-state index contributed by atoms with van der Waals surface area (Å²) in [5.74, 6) is -0.186. The average Bonchev–Trinajstić information content (AvgIpc) is 2.76. The van der Waals surface area contributed by atoms with Gasteiger partial charge in [-0.15, -0.1) is 0 Å². The van der Waals surface area contributed by atoms with Crippen molar-refractivity contribution in [3.8, 4) is 0 Å². The highest BCUT2D eigenvalue weighted by atomic mass is 32.2. The first-order chi connectivity index (χ1) is 15.2. The van der Waals surface area contributed by atoms with Crippen molar-refractivity contribution in [3.63, 3.8) is 0 Å². The van der Waals surface area contributed by atoms with Crippen molar-refractivity contribution >= 4 is 27.5 Å². The average molecular weight is 477 g/mol. The van der Waals surface area contributed by atoms with Gasteiger partial charge >= 0.3 is 0 Å². The van der Waals surface area contributed by atoms with Gasteiger partial charge in [0.15, 0.2) is 0 Å². The highest BCUT2D eigenvalue weighted by Gasteiger charge is 2.32. The first kappa shape index (κ1) is 23.6. The topological polar surface area (TPSA) is 40.6 Å². The normalized spacial score (nSPS) is 27.4. The number of anilines is 1. The van der Waals surface area contributed by atoms with Gasteiger partial charge in [0, 0.05) is 47.9 Å². The summed E-state index contributed by atoms with van der Waals surface area (Å²) in [6.07, 6.45) is 4.73. The van der Waals surface area contributed by atoms with Gasteiger partial charge in [0.2, 0.25) is 0 Å². The lowest BCUT2D eigenvalue weighted by molar-refractivity contribution is 0.317. The Labute approximate surface area is 196 Å². The molecule has 7 heteroatoms. The zero-order valence-electron chi connectivity index (χ0n) is 19.1. The smallest absolute Gasteiger partial charge is 0.150 e. The summed E-state index contributed by atoms with van der Waals surface area (Å²) in [5.41, 5.74) is 2.88. The lowest BCUT2D eigenvalue weighted by Crippen LogP contribution is -2.45. The summed E-state index contributed by atoms with van der Waals surface area (Å²) in [5, 5.41) is 0.111. The second kappa shape index (κ2) is 9.74. The van der Waals surface area contributed by atoms with Gasteiger partial charge in [-0.05, 0) is 57.2 Å². The predicted octanol–water partition coefficient (Wildman–Crippen LogP) is 5.60. The Balaban J connectivity index is 1.44. The van der Waals surface area contributed by atoms with E-state index in [2.05, 4.69) is 40.4 Å². The number of nitrogens with zero attached hydrogens (tertiary/aromatic N) is 2. The molecule has 0 spiro atoms. The number of rotatable bonds is 5. The summed E-state index contributed by atoms with van der Waals surface area (Å²) in [6, 6.07) is 16.5. The van der Waals surface area contributed by atoms with E-state index in [1.807, 2.05) is 37.1 Å². The molecule has 0 aliphatic carbocycles. The van der Waals surface area contributed by atoms with E-state index in [9.17, 15) is 8.42 Å². The molecule has 2 heterocycles. The molecule has 0 saturated carbocycles. The van der Waals surface area contributed by atoms with Gasteiger partial charge in [-0.2, -0.15) is 0 Å². The van der Waals surface area contributed by atoms with E-state index in [1.165, 1.54) is 11.8 Å². The molecule has 4 rings (SSSR count). The van der Waals surface area contributed by atoms with Crippen LogP contribution in [0, 0.1) is 5.82 Å². The Kier molecular flexibility index (Phi) is 7.18. The first-order valence-corrected chi connectivity index (χ1v) is 14.2. The minimum Gasteiger partial charge on any atom is -0.369 e. The molecular formula is C25H33FN2O2S2. The highest BCUT2D eigenvalue weighted by molar-refractivity contribution is 7.97. The molecule has 3 unspecified atom stereocenters. The van der Waals surface area contributed by atoms with Crippen LogP contribution in [0.15, 0.2) is 48.5 Å². The fourth-order valence-electron chi connectivity index (χ4n) is 4.86. The third-order valence-corrected chi connectivity index (χ3v) is 10.1. The van der Waals surface area contributed by atoms with Crippen LogP contribution in [0.1, 0.15) is 55.9 Å². The van der Waals surface area contributed by atoms with Crippen molar-refractivity contribution in [1.29, 1.82) is 0 Å². The molecule has 0 radical (unpaired) electrons. The van der Waals surface area contributed by atoms with Crippen LogP contribution in [-0.2, 0) is 16.4 Å². The van der Waals surface area contributed by atoms with Gasteiger partial charge in [-0.25, -0.2) is 17.1 Å². The maximum atomic E-state index is 15.1. The van der Waals surface area contributed by atoms with Gasteiger partial charge in [0.05, 0.1) is 5.25 Å². The van der Waals surface area contributed by atoms with E-state index in [0.717, 1.165) is 18.5 Å². The number of hydrogen-bond acceptors (Lipinski definition) is 5. The fourth-order valence-corrected chi connectivity index (χ4v) is 7.39. The van der Waals surface area contributed by atoms with E-state index in [-0.39, 0.29) is 17.1 Å². The molecule has 4 nitrogen and oxygen atoms in total. The number of sulfone groups is 1. The Morgan fingerprint density at radius 1 is 1.03 bits per heavy atom. The van der Waals surface area contributed by atoms with Crippen molar-refractivity contribution in [1.82, 2.24) is 4.31 Å². The summed E-state index contributed by atoms with van der Waals surface area (Å²) < 4.78 is 41.3. The SMILES string of the molecule is CC1CC(S(C)(=O)=O)CCN1c1ccc(CN2SC(c3ccccc3)CC[C@@H]2C)c(F)c1. The second-order valence-electron chi connectivity index (χ2n) is 9.30. The van der Waals surface area contributed by atoms with Crippen LogP contribution in [0.5, 0.6) is 0 Å². The van der Waals surface area contributed by atoms with E-state index < -0.39 is 9.84 Å². The van der Waals surface area contributed by atoms with Crippen LogP contribution in [0.25, 0.3) is 0 Å². The van der Waals surface area contributed by atoms with Gasteiger partial charge in [0.1, 0.15) is 15.7 Å². The van der Waals surface area contributed by atoms with Crippen LogP contribution < -0.4 is 4.90 Å². The number of benzene rings is 2. The van der Waals surface area contributed by atoms with E-state index >= 15 is 4.39 Å². The summed E-state index contributed by atoms with van der Waals surface area (Å²) in [7, 11) is -3.03. The largest absolute Gasteiger partial charge is 0.369 e. The minimum atomic E-state index is -3.03. The first-order valence-electron chi connectivity index (χ1n) is 11.4. The quantitative estimate of drug-likeness (QED) is 0.525. The summed E-state index contributed by atoms with van der Waals surface area (Å²) >= 11 is 1.83. The van der Waals surface area contributed by atoms with Crippen molar-refractivity contribution in [2.75, 3.05) is 17.7 Å². The molecule has 2 fully saturated rings. The Morgan fingerprint density at radius 3 is 2.44 bits per heavy atom. The summed E-state index contributed by atoms with van der Waals surface area (Å²) in [4.78, 5) is 2.14. The minimum absolute atomic E-state index is 0.0676. The zero-order valence-corrected chi connectivity index (χ0v) is 20.7. The Bertz CT molecular complexity index is 1030. The molecule has 2 aromatic carbocycles. The molecule has 0 bridgehead atoms. The van der Waals surface area contributed by atoms with Crippen molar-refractivity contribution in [2.24, 2.45) is 0 Å². The van der Waals surface area contributed by atoms with Crippen LogP contribution in [0.3, 0.4) is 0 Å². The van der Waals surface area contributed by atoms with Gasteiger partial charge in [0.25, 0.3) is 0 Å². The third kappa shape index (κ3) is 5.32. The van der Waals surface area contributed by atoms with Crippen LogP contribution in [0.2, 0.25) is 0 Å². The zero-order chi connectivity index (χ0) is 22.9. The van der Waals surface area contributed by atoms with Gasteiger partial charge < -0.3 is 4.90 Å². The Hall–Kier alpha value is -1.57. The molecule has 2 saturated heterocycles. The van der Waals surface area contributed by atoms with Crippen molar-refractivity contribution in [2.45, 2.75) is 68.7 Å². The van der Waals surface area contributed by atoms with Crippen LogP contribution in [-0.4, -0.2) is 42.9 Å². The van der Waals surface area contributed by atoms with Gasteiger partial charge in [-0.3, -0.25) is 0 Å². The maximum Gasteiger partial charge on any atom is 0.150 e. The van der Waals surface area contributed by atoms with Crippen LogP contribution >= 0.6 is 11.9 Å². The number of hydrogen-bond donors (Lipinski definition) is 0. The molecule has 4 atom stereocenters.